The van der Waals surface area contributed by atoms with Gasteiger partial charge in [-0.05, 0) is 34.5 Å². The third-order valence-corrected chi connectivity index (χ3v) is 2.97. The first kappa shape index (κ1) is 14.0. The summed E-state index contributed by atoms with van der Waals surface area (Å²) in [5.74, 6) is -2.15. The van der Waals surface area contributed by atoms with Gasteiger partial charge in [0.05, 0.1) is 18.2 Å². The van der Waals surface area contributed by atoms with Crippen LogP contribution in [0.15, 0.2) is 10.5 Å². The number of benzene rings is 1. The Balaban J connectivity index is 3.60. The predicted molar refractivity (Wildman–Crippen MR) is 55.2 cm³/mol. The molecule has 0 N–H and O–H groups in total. The molecule has 7 heteroatoms. The number of carbonyl (C=O) groups excluding carboxylic acids is 1. The molecular formula is C10H7BrF4O2. The van der Waals surface area contributed by atoms with E-state index in [9.17, 15) is 22.4 Å². The summed E-state index contributed by atoms with van der Waals surface area (Å²) in [6.07, 6.45) is -4.76. The van der Waals surface area contributed by atoms with E-state index in [0.29, 0.717) is 6.07 Å². The molecule has 0 unspecified atom stereocenters. The molecule has 0 radical (unpaired) electrons. The van der Waals surface area contributed by atoms with E-state index >= 15 is 0 Å². The highest BCUT2D eigenvalue weighted by atomic mass is 79.9. The number of esters is 1. The summed E-state index contributed by atoms with van der Waals surface area (Å²) in [6, 6.07) is 0.709. The van der Waals surface area contributed by atoms with Crippen molar-refractivity contribution in [3.8, 4) is 0 Å². The highest BCUT2D eigenvalue weighted by Crippen LogP contribution is 2.40. The third kappa shape index (κ3) is 2.59. The largest absolute Gasteiger partial charge is 0.465 e. The number of halogens is 5. The maximum atomic E-state index is 13.3. The van der Waals surface area contributed by atoms with E-state index in [-0.39, 0.29) is 0 Å². The van der Waals surface area contributed by atoms with Gasteiger partial charge in [0.2, 0.25) is 0 Å². The molecule has 0 atom stereocenters. The smallest absolute Gasteiger partial charge is 0.417 e. The normalized spacial score (nSPS) is 11.5. The lowest BCUT2D eigenvalue weighted by molar-refractivity contribution is -0.138. The fraction of sp³-hybridized carbons (Fsp3) is 0.300. The monoisotopic (exact) mass is 314 g/mol. The number of carbonyl (C=O) groups is 1. The summed E-state index contributed by atoms with van der Waals surface area (Å²) in [5.41, 5.74) is -2.28. The molecule has 94 valence electrons. The molecule has 17 heavy (non-hydrogen) atoms. The van der Waals surface area contributed by atoms with Crippen LogP contribution in [-0.4, -0.2) is 13.1 Å². The molecule has 1 aromatic rings. The highest BCUT2D eigenvalue weighted by Gasteiger charge is 2.38. The molecule has 0 aliphatic rings. The molecule has 2 nitrogen and oxygen atoms in total. The number of ether oxygens (including phenoxy) is 1. The molecule has 0 aliphatic carbocycles. The van der Waals surface area contributed by atoms with Crippen molar-refractivity contribution in [3.63, 3.8) is 0 Å². The maximum absolute atomic E-state index is 13.3. The van der Waals surface area contributed by atoms with Crippen LogP contribution >= 0.6 is 15.9 Å². The molecule has 0 saturated carbocycles. The lowest BCUT2D eigenvalue weighted by atomic mass is 10.0. The Morgan fingerprint density at radius 2 is 1.94 bits per heavy atom. The molecule has 0 amide bonds. The summed E-state index contributed by atoms with van der Waals surface area (Å²) < 4.78 is 55.1. The molecule has 0 heterocycles. The van der Waals surface area contributed by atoms with Crippen molar-refractivity contribution in [1.29, 1.82) is 0 Å². The minimum atomic E-state index is -4.76. The van der Waals surface area contributed by atoms with Crippen LogP contribution in [0.5, 0.6) is 0 Å². The first-order valence-corrected chi connectivity index (χ1v) is 5.13. The van der Waals surface area contributed by atoms with Crippen LogP contribution in [0.3, 0.4) is 0 Å². The number of hydrogen-bond donors (Lipinski definition) is 0. The van der Waals surface area contributed by atoms with Crippen LogP contribution in [0.1, 0.15) is 21.5 Å². The van der Waals surface area contributed by atoms with Crippen molar-refractivity contribution >= 4 is 21.9 Å². The Bertz CT molecular complexity index is 468. The van der Waals surface area contributed by atoms with Crippen LogP contribution in [0.2, 0.25) is 0 Å². The Kier molecular flexibility index (Phi) is 3.81. The molecule has 0 bridgehead atoms. The van der Waals surface area contributed by atoms with E-state index in [1.807, 2.05) is 0 Å². The molecule has 0 fully saturated rings. The third-order valence-electron chi connectivity index (χ3n) is 2.15. The van der Waals surface area contributed by atoms with Crippen molar-refractivity contribution in [3.05, 3.63) is 33.0 Å². The van der Waals surface area contributed by atoms with Gasteiger partial charge in [-0.1, -0.05) is 0 Å². The minimum Gasteiger partial charge on any atom is -0.465 e. The van der Waals surface area contributed by atoms with E-state index in [1.54, 1.807) is 0 Å². The maximum Gasteiger partial charge on any atom is 0.417 e. The van der Waals surface area contributed by atoms with Crippen LogP contribution < -0.4 is 0 Å². The van der Waals surface area contributed by atoms with E-state index < -0.39 is 39.1 Å². The van der Waals surface area contributed by atoms with Crippen molar-refractivity contribution in [2.24, 2.45) is 0 Å². The lowest BCUT2D eigenvalue weighted by Crippen LogP contribution is -2.14. The number of alkyl halides is 3. The molecule has 0 spiro atoms. The summed E-state index contributed by atoms with van der Waals surface area (Å²) in [5, 5.41) is 0. The van der Waals surface area contributed by atoms with Gasteiger partial charge in [0.1, 0.15) is 5.82 Å². The zero-order chi connectivity index (χ0) is 13.4. The van der Waals surface area contributed by atoms with Crippen molar-refractivity contribution in [2.45, 2.75) is 13.1 Å². The van der Waals surface area contributed by atoms with E-state index in [4.69, 9.17) is 0 Å². The molecule has 1 rings (SSSR count). The van der Waals surface area contributed by atoms with E-state index in [2.05, 4.69) is 20.7 Å². The number of hydrogen-bond acceptors (Lipinski definition) is 2. The molecule has 0 aliphatic heterocycles. The first-order valence-electron chi connectivity index (χ1n) is 4.34. The predicted octanol–water partition coefficient (Wildman–Crippen LogP) is 3.70. The second-order valence-corrected chi connectivity index (χ2v) is 4.00. The average Bonchev–Trinajstić information content (AvgIpc) is 2.20. The topological polar surface area (TPSA) is 26.3 Å². The minimum absolute atomic E-state index is 0.497. The van der Waals surface area contributed by atoms with Gasteiger partial charge < -0.3 is 4.74 Å². The van der Waals surface area contributed by atoms with Crippen molar-refractivity contribution < 1.29 is 27.1 Å². The SMILES string of the molecule is COC(=O)c1cc(F)c(C)c(C(F)(F)F)c1Br. The van der Waals surface area contributed by atoms with Gasteiger partial charge in [0, 0.05) is 4.47 Å². The second kappa shape index (κ2) is 4.64. The molecule has 1 aromatic carbocycles. The molecule has 0 saturated heterocycles. The Morgan fingerprint density at radius 3 is 2.35 bits per heavy atom. The fourth-order valence-electron chi connectivity index (χ4n) is 1.31. The zero-order valence-electron chi connectivity index (χ0n) is 8.78. The van der Waals surface area contributed by atoms with E-state index in [0.717, 1.165) is 14.0 Å². The lowest BCUT2D eigenvalue weighted by Gasteiger charge is -2.15. The fourth-order valence-corrected chi connectivity index (χ4v) is 2.11. The summed E-state index contributed by atoms with van der Waals surface area (Å²) in [4.78, 5) is 11.2. The summed E-state index contributed by atoms with van der Waals surface area (Å²) >= 11 is 2.66. The van der Waals surface area contributed by atoms with Crippen LogP contribution in [0.4, 0.5) is 17.6 Å². The second-order valence-electron chi connectivity index (χ2n) is 3.21. The van der Waals surface area contributed by atoms with Gasteiger partial charge in [0.25, 0.3) is 0 Å². The summed E-state index contributed by atoms with van der Waals surface area (Å²) in [7, 11) is 1.000. The molecular weight excluding hydrogens is 308 g/mol. The highest BCUT2D eigenvalue weighted by molar-refractivity contribution is 9.10. The van der Waals surface area contributed by atoms with Gasteiger partial charge in [0.15, 0.2) is 0 Å². The van der Waals surface area contributed by atoms with Gasteiger partial charge in [-0.3, -0.25) is 0 Å². The van der Waals surface area contributed by atoms with E-state index in [1.165, 1.54) is 0 Å². The Morgan fingerprint density at radius 1 is 1.41 bits per heavy atom. The zero-order valence-corrected chi connectivity index (χ0v) is 10.4. The van der Waals surface area contributed by atoms with Crippen LogP contribution in [0.25, 0.3) is 0 Å². The van der Waals surface area contributed by atoms with Crippen LogP contribution in [-0.2, 0) is 10.9 Å². The number of rotatable bonds is 1. The van der Waals surface area contributed by atoms with Crippen LogP contribution in [0, 0.1) is 12.7 Å². The van der Waals surface area contributed by atoms with Crippen molar-refractivity contribution in [1.82, 2.24) is 0 Å². The Labute approximate surface area is 103 Å². The molecule has 0 aromatic heterocycles. The number of methoxy groups -OCH3 is 1. The van der Waals surface area contributed by atoms with Gasteiger partial charge >= 0.3 is 12.1 Å². The first-order chi connectivity index (χ1) is 7.70. The van der Waals surface area contributed by atoms with Gasteiger partial charge in [-0.15, -0.1) is 0 Å². The van der Waals surface area contributed by atoms with Crippen molar-refractivity contribution in [2.75, 3.05) is 7.11 Å². The quantitative estimate of drug-likeness (QED) is 0.583. The Hall–Kier alpha value is -1.11. The summed E-state index contributed by atoms with van der Waals surface area (Å²) in [6.45, 7) is 0.990. The van der Waals surface area contributed by atoms with Gasteiger partial charge in [-0.25, -0.2) is 9.18 Å². The average molecular weight is 315 g/mol. The standard InChI is InChI=1S/C10H7BrF4O2/c1-4-6(12)3-5(9(16)17-2)8(11)7(4)10(13,14)15/h3H,1-2H3. The van der Waals surface area contributed by atoms with Gasteiger partial charge in [-0.2, -0.15) is 13.2 Å².